The third-order valence-corrected chi connectivity index (χ3v) is 4.85. The Morgan fingerprint density at radius 3 is 2.50 bits per heavy atom. The van der Waals surface area contributed by atoms with E-state index < -0.39 is 9.84 Å². The minimum absolute atomic E-state index is 0.222. The fourth-order valence-electron chi connectivity index (χ4n) is 2.70. The quantitative estimate of drug-likeness (QED) is 0.637. The first-order valence-corrected chi connectivity index (χ1v) is 9.58. The molecule has 20 heavy (non-hydrogen) atoms. The Kier molecular flexibility index (Phi) is 7.43. The Morgan fingerprint density at radius 1 is 1.30 bits per heavy atom. The Hall–Kier alpha value is -0.170. The van der Waals surface area contributed by atoms with Gasteiger partial charge in [-0.1, -0.05) is 6.92 Å². The smallest absolute Gasteiger partial charge is 0.148 e. The van der Waals surface area contributed by atoms with E-state index in [2.05, 4.69) is 17.1 Å². The van der Waals surface area contributed by atoms with Gasteiger partial charge in [0.15, 0.2) is 0 Å². The van der Waals surface area contributed by atoms with Gasteiger partial charge in [0.1, 0.15) is 9.84 Å². The van der Waals surface area contributed by atoms with Gasteiger partial charge < -0.3 is 15.0 Å². The van der Waals surface area contributed by atoms with Gasteiger partial charge >= 0.3 is 0 Å². The molecule has 0 amide bonds. The first-order chi connectivity index (χ1) is 9.37. The zero-order valence-corrected chi connectivity index (χ0v) is 14.0. The summed E-state index contributed by atoms with van der Waals surface area (Å²) < 4.78 is 28.0. The van der Waals surface area contributed by atoms with Gasteiger partial charge in [-0.05, 0) is 38.3 Å². The van der Waals surface area contributed by atoms with Crippen molar-refractivity contribution in [1.82, 2.24) is 10.2 Å². The van der Waals surface area contributed by atoms with E-state index >= 15 is 0 Å². The number of ether oxygens (including phenoxy) is 1. The van der Waals surface area contributed by atoms with E-state index in [9.17, 15) is 8.42 Å². The average Bonchev–Trinajstić information content (AvgIpc) is 2.37. The van der Waals surface area contributed by atoms with Crippen molar-refractivity contribution in [2.75, 3.05) is 58.4 Å². The zero-order valence-electron chi connectivity index (χ0n) is 13.2. The first-order valence-electron chi connectivity index (χ1n) is 7.52. The summed E-state index contributed by atoms with van der Waals surface area (Å²) in [5.41, 5.74) is 0.222. The molecule has 1 fully saturated rings. The summed E-state index contributed by atoms with van der Waals surface area (Å²) in [7, 11) is -0.867. The number of nitrogens with one attached hydrogen (secondary N) is 1. The minimum Gasteiger partial charge on any atom is -0.381 e. The Bertz CT molecular complexity index is 365. The van der Waals surface area contributed by atoms with E-state index in [0.717, 1.165) is 52.1 Å². The van der Waals surface area contributed by atoms with Crippen LogP contribution in [-0.2, 0) is 14.6 Å². The molecule has 1 heterocycles. The highest BCUT2D eigenvalue weighted by atomic mass is 32.2. The van der Waals surface area contributed by atoms with Crippen LogP contribution in [0.5, 0.6) is 0 Å². The molecule has 1 saturated heterocycles. The third-order valence-electron chi connectivity index (χ3n) is 3.93. The van der Waals surface area contributed by atoms with Crippen LogP contribution in [-0.4, -0.2) is 71.8 Å². The van der Waals surface area contributed by atoms with Gasteiger partial charge in [-0.25, -0.2) is 8.42 Å². The fraction of sp³-hybridized carbons (Fsp3) is 1.00. The molecule has 1 N–H and O–H groups in total. The number of hydrogen-bond acceptors (Lipinski definition) is 5. The van der Waals surface area contributed by atoms with Crippen molar-refractivity contribution in [2.24, 2.45) is 5.41 Å². The lowest BCUT2D eigenvalue weighted by molar-refractivity contribution is 0.000269. The molecular formula is C14H30N2O3S. The van der Waals surface area contributed by atoms with Crippen LogP contribution in [0.15, 0.2) is 0 Å². The highest BCUT2D eigenvalue weighted by molar-refractivity contribution is 7.90. The highest BCUT2D eigenvalue weighted by Gasteiger charge is 2.33. The van der Waals surface area contributed by atoms with Gasteiger partial charge in [-0.3, -0.25) is 0 Å². The molecular weight excluding hydrogens is 276 g/mol. The van der Waals surface area contributed by atoms with Gasteiger partial charge in [-0.15, -0.1) is 0 Å². The van der Waals surface area contributed by atoms with E-state index in [4.69, 9.17) is 4.74 Å². The second kappa shape index (κ2) is 8.32. The molecule has 0 bridgehead atoms. The molecule has 0 spiro atoms. The minimum atomic E-state index is -2.88. The Morgan fingerprint density at radius 2 is 1.95 bits per heavy atom. The van der Waals surface area contributed by atoms with Gasteiger partial charge in [0, 0.05) is 39.1 Å². The first kappa shape index (κ1) is 17.9. The third kappa shape index (κ3) is 7.02. The SMILES string of the molecule is CCCNCC1(CN(C)CCS(C)(=O)=O)CCOCC1. The largest absolute Gasteiger partial charge is 0.381 e. The monoisotopic (exact) mass is 306 g/mol. The molecule has 1 rings (SSSR count). The van der Waals surface area contributed by atoms with Crippen molar-refractivity contribution in [3.63, 3.8) is 0 Å². The second-order valence-electron chi connectivity index (χ2n) is 6.16. The Labute approximate surface area is 124 Å². The lowest BCUT2D eigenvalue weighted by Crippen LogP contribution is -2.47. The van der Waals surface area contributed by atoms with Crippen molar-refractivity contribution in [2.45, 2.75) is 26.2 Å². The van der Waals surface area contributed by atoms with Crippen LogP contribution < -0.4 is 5.32 Å². The molecule has 0 aromatic rings. The van der Waals surface area contributed by atoms with E-state index in [-0.39, 0.29) is 11.2 Å². The molecule has 0 aromatic heterocycles. The van der Waals surface area contributed by atoms with Crippen LogP contribution in [0.4, 0.5) is 0 Å². The predicted octanol–water partition coefficient (Wildman–Crippen LogP) is 0.759. The van der Waals surface area contributed by atoms with Gasteiger partial charge in [-0.2, -0.15) is 0 Å². The molecule has 0 radical (unpaired) electrons. The van der Waals surface area contributed by atoms with Crippen molar-refractivity contribution in [3.05, 3.63) is 0 Å². The van der Waals surface area contributed by atoms with Crippen LogP contribution >= 0.6 is 0 Å². The Balaban J connectivity index is 2.50. The van der Waals surface area contributed by atoms with Crippen LogP contribution in [0.25, 0.3) is 0 Å². The van der Waals surface area contributed by atoms with E-state index in [1.165, 1.54) is 6.26 Å². The highest BCUT2D eigenvalue weighted by Crippen LogP contribution is 2.30. The van der Waals surface area contributed by atoms with Gasteiger partial charge in [0.05, 0.1) is 5.75 Å². The zero-order chi connectivity index (χ0) is 15.1. The van der Waals surface area contributed by atoms with Crippen LogP contribution in [0.1, 0.15) is 26.2 Å². The molecule has 5 nitrogen and oxygen atoms in total. The summed E-state index contributed by atoms with van der Waals surface area (Å²) in [6.45, 7) is 7.37. The molecule has 1 aliphatic heterocycles. The summed E-state index contributed by atoms with van der Waals surface area (Å²) >= 11 is 0. The maximum Gasteiger partial charge on any atom is 0.148 e. The van der Waals surface area contributed by atoms with Crippen molar-refractivity contribution in [3.8, 4) is 0 Å². The summed E-state index contributed by atoms with van der Waals surface area (Å²) in [4.78, 5) is 2.15. The van der Waals surface area contributed by atoms with Crippen LogP contribution in [0.3, 0.4) is 0 Å². The maximum absolute atomic E-state index is 11.3. The maximum atomic E-state index is 11.3. The summed E-state index contributed by atoms with van der Waals surface area (Å²) in [5, 5.41) is 3.52. The standard InChI is InChI=1S/C14H30N2O3S/c1-4-7-15-12-14(5-9-19-10-6-14)13-16(2)8-11-20(3,17)18/h15H,4-13H2,1-3H3. The van der Waals surface area contributed by atoms with E-state index in [0.29, 0.717) is 6.54 Å². The van der Waals surface area contributed by atoms with Crippen LogP contribution in [0, 0.1) is 5.41 Å². The molecule has 0 aromatic carbocycles. The summed E-state index contributed by atoms with van der Waals surface area (Å²) in [6, 6.07) is 0. The topological polar surface area (TPSA) is 58.6 Å². The fourth-order valence-corrected chi connectivity index (χ4v) is 3.34. The number of hydrogen-bond donors (Lipinski definition) is 1. The molecule has 1 aliphatic rings. The van der Waals surface area contributed by atoms with E-state index in [1.807, 2.05) is 7.05 Å². The number of nitrogens with zero attached hydrogens (tertiary/aromatic N) is 1. The molecule has 0 unspecified atom stereocenters. The normalized spacial score (nSPS) is 19.4. The lowest BCUT2D eigenvalue weighted by atomic mass is 9.79. The second-order valence-corrected chi connectivity index (χ2v) is 8.42. The molecule has 6 heteroatoms. The average molecular weight is 306 g/mol. The van der Waals surface area contributed by atoms with Crippen molar-refractivity contribution >= 4 is 9.84 Å². The molecule has 0 atom stereocenters. The van der Waals surface area contributed by atoms with Crippen molar-refractivity contribution in [1.29, 1.82) is 0 Å². The molecule has 0 aliphatic carbocycles. The molecule has 120 valence electrons. The van der Waals surface area contributed by atoms with Crippen LogP contribution in [0.2, 0.25) is 0 Å². The molecule has 0 saturated carbocycles. The lowest BCUT2D eigenvalue weighted by Gasteiger charge is -2.40. The number of rotatable bonds is 9. The number of sulfone groups is 1. The predicted molar refractivity (Wildman–Crippen MR) is 82.9 cm³/mol. The van der Waals surface area contributed by atoms with Gasteiger partial charge in [0.25, 0.3) is 0 Å². The summed E-state index contributed by atoms with van der Waals surface area (Å²) in [6.07, 6.45) is 4.53. The summed E-state index contributed by atoms with van der Waals surface area (Å²) in [5.74, 6) is 0.235. The van der Waals surface area contributed by atoms with E-state index in [1.54, 1.807) is 0 Å². The van der Waals surface area contributed by atoms with Crippen molar-refractivity contribution < 1.29 is 13.2 Å². The van der Waals surface area contributed by atoms with Gasteiger partial charge in [0.2, 0.25) is 0 Å².